The maximum absolute atomic E-state index is 5.38. The molecule has 1 rings (SSSR count). The van der Waals surface area contributed by atoms with Crippen molar-refractivity contribution in [2.24, 2.45) is 0 Å². The molecule has 0 saturated heterocycles. The average Bonchev–Trinajstić information content (AvgIpc) is 2.30. The van der Waals surface area contributed by atoms with Crippen LogP contribution in [-0.4, -0.2) is 28.0 Å². The Morgan fingerprint density at radius 2 is 2.42 bits per heavy atom. The van der Waals surface area contributed by atoms with Crippen molar-refractivity contribution in [2.45, 2.75) is 19.6 Å². The van der Waals surface area contributed by atoms with Gasteiger partial charge < -0.3 is 10.5 Å². The van der Waals surface area contributed by atoms with Crippen molar-refractivity contribution in [1.29, 1.82) is 0 Å². The molecule has 0 radical (unpaired) electrons. The maximum Gasteiger partial charge on any atom is 0.240 e. The van der Waals surface area contributed by atoms with E-state index >= 15 is 0 Å². The van der Waals surface area contributed by atoms with E-state index in [2.05, 4.69) is 26.0 Å². The van der Waals surface area contributed by atoms with Crippen LogP contribution in [0.5, 0.6) is 0 Å². The van der Waals surface area contributed by atoms with Crippen LogP contribution in [-0.2, 0) is 11.3 Å². The Labute approximate surface area is 79.0 Å². The Bertz CT molecular complexity index is 262. The summed E-state index contributed by atoms with van der Waals surface area (Å²) in [6.45, 7) is 2.59. The molecular formula is C6H11BrN4O. The van der Waals surface area contributed by atoms with Crippen LogP contribution in [0.1, 0.15) is 6.92 Å². The summed E-state index contributed by atoms with van der Waals surface area (Å²) < 4.78 is 7.35. The molecule has 0 bridgehead atoms. The number of aromatic nitrogens is 3. The standard InChI is InChI=1S/C6H11BrN4O/c1-4(12-2)3-11-5(7)9-6(8)10-11/h4H,3H2,1-2H3,(H2,8,10). The lowest BCUT2D eigenvalue weighted by Gasteiger charge is -2.08. The third kappa shape index (κ3) is 2.18. The van der Waals surface area contributed by atoms with Crippen molar-refractivity contribution >= 4 is 21.9 Å². The predicted octanol–water partition coefficient (Wildman–Crippen LogP) is 0.658. The van der Waals surface area contributed by atoms with Gasteiger partial charge in [-0.05, 0) is 22.9 Å². The van der Waals surface area contributed by atoms with Crippen LogP contribution in [0.25, 0.3) is 0 Å². The van der Waals surface area contributed by atoms with Crippen LogP contribution in [0.4, 0.5) is 5.95 Å². The molecule has 1 aromatic rings. The Hall–Kier alpha value is -0.620. The molecule has 6 heteroatoms. The molecule has 1 heterocycles. The van der Waals surface area contributed by atoms with Crippen LogP contribution in [0, 0.1) is 0 Å². The van der Waals surface area contributed by atoms with Gasteiger partial charge in [0.05, 0.1) is 12.6 Å². The topological polar surface area (TPSA) is 66.0 Å². The van der Waals surface area contributed by atoms with Crippen LogP contribution < -0.4 is 5.73 Å². The minimum Gasteiger partial charge on any atom is -0.380 e. The van der Waals surface area contributed by atoms with Gasteiger partial charge in [0, 0.05) is 7.11 Å². The van der Waals surface area contributed by atoms with Crippen LogP contribution in [0.15, 0.2) is 4.73 Å². The summed E-state index contributed by atoms with van der Waals surface area (Å²) in [4.78, 5) is 3.89. The molecule has 0 aromatic carbocycles. The zero-order valence-electron chi connectivity index (χ0n) is 6.99. The number of hydrogen-bond acceptors (Lipinski definition) is 4. The molecule has 12 heavy (non-hydrogen) atoms. The van der Waals surface area contributed by atoms with Gasteiger partial charge in [0.25, 0.3) is 0 Å². The quantitative estimate of drug-likeness (QED) is 0.835. The van der Waals surface area contributed by atoms with Crippen LogP contribution >= 0.6 is 15.9 Å². The lowest BCUT2D eigenvalue weighted by Crippen LogP contribution is -2.16. The molecule has 0 aliphatic heterocycles. The largest absolute Gasteiger partial charge is 0.380 e. The average molecular weight is 235 g/mol. The normalized spacial score (nSPS) is 13.2. The summed E-state index contributed by atoms with van der Waals surface area (Å²) in [7, 11) is 1.65. The van der Waals surface area contributed by atoms with Gasteiger partial charge in [0.1, 0.15) is 0 Å². The smallest absolute Gasteiger partial charge is 0.240 e. The van der Waals surface area contributed by atoms with Crippen LogP contribution in [0.2, 0.25) is 0 Å². The molecule has 0 fully saturated rings. The first-order valence-corrected chi connectivity index (χ1v) is 4.31. The van der Waals surface area contributed by atoms with Crippen molar-refractivity contribution in [2.75, 3.05) is 12.8 Å². The van der Waals surface area contributed by atoms with Gasteiger partial charge in [-0.1, -0.05) is 0 Å². The van der Waals surface area contributed by atoms with E-state index in [1.165, 1.54) is 0 Å². The van der Waals surface area contributed by atoms with Gasteiger partial charge in [-0.3, -0.25) is 0 Å². The first-order valence-electron chi connectivity index (χ1n) is 3.52. The van der Waals surface area contributed by atoms with Gasteiger partial charge >= 0.3 is 0 Å². The molecule has 0 amide bonds. The van der Waals surface area contributed by atoms with E-state index in [-0.39, 0.29) is 12.1 Å². The predicted molar refractivity (Wildman–Crippen MR) is 48.6 cm³/mol. The second kappa shape index (κ2) is 3.86. The molecule has 0 aliphatic carbocycles. The molecule has 0 spiro atoms. The third-order valence-corrected chi connectivity index (χ3v) is 2.06. The lowest BCUT2D eigenvalue weighted by atomic mass is 10.4. The zero-order chi connectivity index (χ0) is 9.14. The first kappa shape index (κ1) is 9.47. The number of rotatable bonds is 3. The molecule has 5 nitrogen and oxygen atoms in total. The Balaban J connectivity index is 2.68. The van der Waals surface area contributed by atoms with Crippen LogP contribution in [0.3, 0.4) is 0 Å². The molecule has 0 saturated carbocycles. The molecule has 68 valence electrons. The fraction of sp³-hybridized carbons (Fsp3) is 0.667. The summed E-state index contributed by atoms with van der Waals surface area (Å²) in [5, 5.41) is 3.95. The molecule has 0 aliphatic rings. The van der Waals surface area contributed by atoms with Gasteiger partial charge in [0.15, 0.2) is 4.73 Å². The molecule has 1 atom stereocenters. The minimum atomic E-state index is 0.0994. The Kier molecular flexibility index (Phi) is 3.05. The Morgan fingerprint density at radius 3 is 2.83 bits per heavy atom. The molecule has 1 unspecified atom stereocenters. The monoisotopic (exact) mass is 234 g/mol. The SMILES string of the molecule is COC(C)Cn1nc(N)nc1Br. The highest BCUT2D eigenvalue weighted by molar-refractivity contribution is 9.10. The van der Waals surface area contributed by atoms with E-state index in [9.17, 15) is 0 Å². The van der Waals surface area contributed by atoms with E-state index in [1.807, 2.05) is 6.92 Å². The summed E-state index contributed by atoms with van der Waals surface area (Å²) in [5.41, 5.74) is 5.38. The second-order valence-corrected chi connectivity index (χ2v) is 3.18. The summed E-state index contributed by atoms with van der Waals surface area (Å²) in [6.07, 6.45) is 0.0994. The second-order valence-electron chi connectivity index (χ2n) is 2.47. The number of anilines is 1. The number of nitrogens with zero attached hydrogens (tertiary/aromatic N) is 3. The highest BCUT2D eigenvalue weighted by Crippen LogP contribution is 2.08. The summed E-state index contributed by atoms with van der Waals surface area (Å²) in [5.74, 6) is 0.269. The van der Waals surface area contributed by atoms with E-state index in [1.54, 1.807) is 11.8 Å². The third-order valence-electron chi connectivity index (χ3n) is 1.48. The summed E-state index contributed by atoms with van der Waals surface area (Å²) >= 11 is 3.23. The van der Waals surface area contributed by atoms with E-state index in [4.69, 9.17) is 10.5 Å². The van der Waals surface area contributed by atoms with Gasteiger partial charge in [-0.15, -0.1) is 5.10 Å². The minimum absolute atomic E-state index is 0.0994. The number of ether oxygens (including phenoxy) is 1. The van der Waals surface area contributed by atoms with Gasteiger partial charge in [-0.2, -0.15) is 4.98 Å². The maximum atomic E-state index is 5.38. The summed E-state index contributed by atoms with van der Waals surface area (Å²) in [6, 6.07) is 0. The number of hydrogen-bond donors (Lipinski definition) is 1. The zero-order valence-corrected chi connectivity index (χ0v) is 8.58. The number of methoxy groups -OCH3 is 1. The molecule has 2 N–H and O–H groups in total. The highest BCUT2D eigenvalue weighted by atomic mass is 79.9. The number of nitrogen functional groups attached to an aromatic ring is 1. The number of halogens is 1. The number of nitrogens with two attached hydrogens (primary N) is 1. The van der Waals surface area contributed by atoms with Crippen molar-refractivity contribution in [3.63, 3.8) is 0 Å². The van der Waals surface area contributed by atoms with Crippen molar-refractivity contribution in [3.8, 4) is 0 Å². The fourth-order valence-electron chi connectivity index (χ4n) is 0.774. The van der Waals surface area contributed by atoms with E-state index in [0.717, 1.165) is 0 Å². The molecular weight excluding hydrogens is 224 g/mol. The van der Waals surface area contributed by atoms with E-state index in [0.29, 0.717) is 11.3 Å². The first-order chi connectivity index (χ1) is 5.63. The molecule has 1 aromatic heterocycles. The fourth-order valence-corrected chi connectivity index (χ4v) is 1.18. The highest BCUT2D eigenvalue weighted by Gasteiger charge is 2.07. The Morgan fingerprint density at radius 1 is 1.75 bits per heavy atom. The lowest BCUT2D eigenvalue weighted by molar-refractivity contribution is 0.0991. The van der Waals surface area contributed by atoms with E-state index < -0.39 is 0 Å². The van der Waals surface area contributed by atoms with Crippen molar-refractivity contribution in [1.82, 2.24) is 14.8 Å². The van der Waals surface area contributed by atoms with Gasteiger partial charge in [0.2, 0.25) is 5.95 Å². The van der Waals surface area contributed by atoms with Crippen molar-refractivity contribution in [3.05, 3.63) is 4.73 Å². The van der Waals surface area contributed by atoms with Gasteiger partial charge in [-0.25, -0.2) is 4.68 Å². The van der Waals surface area contributed by atoms with Crippen molar-refractivity contribution < 1.29 is 4.74 Å².